The Hall–Kier alpha value is -7.11. The number of fused-ring (bicyclic) bond motifs is 2. The van der Waals surface area contributed by atoms with Crippen molar-refractivity contribution in [2.75, 3.05) is 55.7 Å². The minimum atomic E-state index is -0.730. The summed E-state index contributed by atoms with van der Waals surface area (Å²) in [5, 5.41) is 17.2. The van der Waals surface area contributed by atoms with Crippen LogP contribution >= 0.6 is 0 Å². The van der Waals surface area contributed by atoms with Crippen LogP contribution in [0.4, 0.5) is 27.9 Å². The molecule has 1 unspecified atom stereocenters. The molecule has 0 radical (unpaired) electrons. The molecular weight excluding hydrogens is 899 g/mol. The molecule has 0 bridgehead atoms. The fourth-order valence-corrected chi connectivity index (χ4v) is 9.26. The third-order valence-electron chi connectivity index (χ3n) is 12.7. The maximum Gasteiger partial charge on any atom is 0.407 e. The molecule has 20 nitrogen and oxygen atoms in total. The third kappa shape index (κ3) is 11.3. The van der Waals surface area contributed by atoms with Crippen LogP contribution in [0.5, 0.6) is 5.75 Å². The molecule has 3 atom stereocenters. The first-order valence-corrected chi connectivity index (χ1v) is 23.9. The molecule has 4 aromatic rings. The number of rotatable bonds is 17. The number of carbonyl (C=O) groups is 5. The fraction of sp³-hybridized carbons (Fsp3) is 0.500. The van der Waals surface area contributed by atoms with Crippen molar-refractivity contribution in [2.24, 2.45) is 0 Å². The molecule has 8 rings (SSSR count). The highest BCUT2D eigenvalue weighted by Gasteiger charge is 2.42. The summed E-state index contributed by atoms with van der Waals surface area (Å²) >= 11 is 0. The minimum Gasteiger partial charge on any atom is -0.495 e. The van der Waals surface area contributed by atoms with Crippen LogP contribution < -0.4 is 30.5 Å². The molecule has 1 aliphatic carbocycles. The van der Waals surface area contributed by atoms with E-state index in [0.717, 1.165) is 37.1 Å². The molecule has 1 saturated heterocycles. The van der Waals surface area contributed by atoms with E-state index in [0.29, 0.717) is 65.0 Å². The summed E-state index contributed by atoms with van der Waals surface area (Å²) in [6, 6.07) is 9.68. The number of carbonyl (C=O) groups excluding carboxylic acids is 5. The molecule has 3 N–H and O–H groups in total. The van der Waals surface area contributed by atoms with Crippen molar-refractivity contribution in [3.05, 3.63) is 65.5 Å². The van der Waals surface area contributed by atoms with Crippen molar-refractivity contribution in [3.63, 3.8) is 0 Å². The normalized spacial score (nSPS) is 18.5. The number of aromatic nitrogens is 5. The summed E-state index contributed by atoms with van der Waals surface area (Å²) in [7, 11) is 3.38. The van der Waals surface area contributed by atoms with Crippen molar-refractivity contribution < 1.29 is 42.9 Å². The van der Waals surface area contributed by atoms with E-state index in [4.69, 9.17) is 23.9 Å². The molecule has 2 aromatic heterocycles. The zero-order valence-electron chi connectivity index (χ0n) is 40.6. The number of nitrogens with zero attached hydrogens (tertiary/aromatic N) is 8. The van der Waals surface area contributed by atoms with Crippen molar-refractivity contribution >= 4 is 52.9 Å². The van der Waals surface area contributed by atoms with Crippen LogP contribution in [-0.4, -0.2) is 130 Å². The molecule has 5 amide bonds. The Morgan fingerprint density at radius 2 is 1.83 bits per heavy atom. The lowest BCUT2D eigenvalue weighted by atomic mass is 10.0. The van der Waals surface area contributed by atoms with Gasteiger partial charge in [-0.25, -0.2) is 14.5 Å². The number of alkyl carbamates (subject to hydrolysis) is 1. The van der Waals surface area contributed by atoms with E-state index in [2.05, 4.69) is 48.0 Å². The molecule has 370 valence electrons. The summed E-state index contributed by atoms with van der Waals surface area (Å²) in [6.07, 6.45) is 8.62. The number of amides is 5. The van der Waals surface area contributed by atoms with E-state index < -0.39 is 29.7 Å². The molecule has 2 fully saturated rings. The highest BCUT2D eigenvalue weighted by Crippen LogP contribution is 2.41. The standard InChI is InChI=1S/C50H61N11O9/c1-7-39-47(65)58(5)41-27-51-48(55-44(41)61(39)34-15-8-9-16-34)53-37-19-18-32(26-42(37)67-6)38-29-59(57-56-38)22-23-68-24-25-69-30-33(52-49(66)70-50(2,3)4)14-10-12-31-13-11-17-35-36(31)28-60(46(35)64)40-20-21-43(62)54-45(40)63/h11,13,17-19,26-27,29,33-34,39-40H,7-9,14-16,20-25,28,30H2,1-6H3,(H,52,66)(H,51,53,55)(H,54,62,63)/t33-,39+,40?/m0/s1. The zero-order chi connectivity index (χ0) is 49.5. The molecule has 3 aliphatic heterocycles. The van der Waals surface area contributed by atoms with E-state index in [9.17, 15) is 24.0 Å². The van der Waals surface area contributed by atoms with Gasteiger partial charge in [0.05, 0.1) is 64.2 Å². The number of ether oxygens (including phenoxy) is 4. The van der Waals surface area contributed by atoms with Crippen LogP contribution in [0.1, 0.15) is 101 Å². The largest absolute Gasteiger partial charge is 0.495 e. The quantitative estimate of drug-likeness (QED) is 0.0710. The van der Waals surface area contributed by atoms with Gasteiger partial charge in [0.2, 0.25) is 23.7 Å². The lowest BCUT2D eigenvalue weighted by molar-refractivity contribution is -0.137. The first kappa shape index (κ1) is 49.3. The number of methoxy groups -OCH3 is 1. The summed E-state index contributed by atoms with van der Waals surface area (Å²) < 4.78 is 24.7. The topological polar surface area (TPSA) is 225 Å². The van der Waals surface area contributed by atoms with Crippen molar-refractivity contribution in [2.45, 2.75) is 122 Å². The Morgan fingerprint density at radius 3 is 2.59 bits per heavy atom. The Labute approximate surface area is 407 Å². The molecule has 2 aromatic carbocycles. The highest BCUT2D eigenvalue weighted by atomic mass is 16.6. The smallest absolute Gasteiger partial charge is 0.407 e. The number of imide groups is 1. The number of likely N-dealkylation sites (N-methyl/N-ethyl adjacent to an activating group) is 1. The van der Waals surface area contributed by atoms with Crippen LogP contribution in [0.2, 0.25) is 0 Å². The number of benzene rings is 2. The Morgan fingerprint density at radius 1 is 1.03 bits per heavy atom. The first-order valence-electron chi connectivity index (χ1n) is 23.9. The van der Waals surface area contributed by atoms with Gasteiger partial charge in [0.15, 0.2) is 5.82 Å². The lowest BCUT2D eigenvalue weighted by Gasteiger charge is -2.43. The molecular formula is C50H61N11O9. The molecule has 5 heterocycles. The van der Waals surface area contributed by atoms with Gasteiger partial charge in [-0.3, -0.25) is 24.5 Å². The van der Waals surface area contributed by atoms with Gasteiger partial charge < -0.3 is 44.3 Å². The second-order valence-corrected chi connectivity index (χ2v) is 18.7. The Bertz CT molecular complexity index is 2670. The lowest BCUT2D eigenvalue weighted by Crippen LogP contribution is -2.55. The van der Waals surface area contributed by atoms with E-state index >= 15 is 0 Å². The number of piperidine rings is 1. The summed E-state index contributed by atoms with van der Waals surface area (Å²) in [4.78, 5) is 78.6. The van der Waals surface area contributed by atoms with Crippen LogP contribution in [0.15, 0.2) is 48.8 Å². The van der Waals surface area contributed by atoms with Crippen molar-refractivity contribution in [1.29, 1.82) is 0 Å². The molecule has 70 heavy (non-hydrogen) atoms. The fourth-order valence-electron chi connectivity index (χ4n) is 9.26. The van der Waals surface area contributed by atoms with Gasteiger partial charge in [-0.05, 0) is 76.3 Å². The Kier molecular flexibility index (Phi) is 15.3. The molecule has 4 aliphatic rings. The molecule has 20 heteroatoms. The van der Waals surface area contributed by atoms with Crippen molar-refractivity contribution in [1.82, 2.24) is 40.5 Å². The van der Waals surface area contributed by atoms with Gasteiger partial charge in [-0.1, -0.05) is 49.0 Å². The molecule has 0 spiro atoms. The van der Waals surface area contributed by atoms with E-state index in [1.54, 1.807) is 62.8 Å². The predicted octanol–water partition coefficient (Wildman–Crippen LogP) is 5.12. The van der Waals surface area contributed by atoms with Gasteiger partial charge >= 0.3 is 6.09 Å². The average molecular weight is 960 g/mol. The summed E-state index contributed by atoms with van der Waals surface area (Å²) in [6.45, 7) is 9.03. The van der Waals surface area contributed by atoms with E-state index in [1.165, 1.54) is 4.90 Å². The van der Waals surface area contributed by atoms with Gasteiger partial charge in [0.25, 0.3) is 5.91 Å². The summed E-state index contributed by atoms with van der Waals surface area (Å²) in [5.74, 6) is 6.98. The zero-order valence-corrected chi connectivity index (χ0v) is 40.6. The van der Waals surface area contributed by atoms with E-state index in [1.807, 2.05) is 37.4 Å². The van der Waals surface area contributed by atoms with Gasteiger partial charge in [-0.15, -0.1) is 5.10 Å². The van der Waals surface area contributed by atoms with E-state index in [-0.39, 0.29) is 75.4 Å². The number of hydrogen-bond donors (Lipinski definition) is 3. The number of anilines is 4. The highest BCUT2D eigenvalue weighted by molar-refractivity contribution is 6.06. The van der Waals surface area contributed by atoms with Crippen LogP contribution in [-0.2, 0) is 41.7 Å². The number of nitrogens with one attached hydrogen (secondary N) is 3. The van der Waals surface area contributed by atoms with Gasteiger partial charge in [0.1, 0.15) is 34.8 Å². The predicted molar refractivity (Wildman–Crippen MR) is 258 cm³/mol. The van der Waals surface area contributed by atoms with Crippen LogP contribution in [0, 0.1) is 11.8 Å². The monoisotopic (exact) mass is 959 g/mol. The van der Waals surface area contributed by atoms with Crippen LogP contribution in [0.25, 0.3) is 11.3 Å². The Balaban J connectivity index is 0.822. The van der Waals surface area contributed by atoms with Gasteiger partial charge in [0, 0.05) is 49.2 Å². The molecule has 1 saturated carbocycles. The second kappa shape index (κ2) is 21.7. The third-order valence-corrected chi connectivity index (χ3v) is 12.7. The average Bonchev–Trinajstić information content (AvgIpc) is 4.11. The maximum atomic E-state index is 13.3. The summed E-state index contributed by atoms with van der Waals surface area (Å²) in [5.41, 5.74) is 3.92. The van der Waals surface area contributed by atoms with Gasteiger partial charge in [-0.2, -0.15) is 4.98 Å². The minimum absolute atomic E-state index is 0.0646. The number of hydrogen-bond acceptors (Lipinski definition) is 15. The maximum absolute atomic E-state index is 13.3. The van der Waals surface area contributed by atoms with Crippen molar-refractivity contribution in [3.8, 4) is 28.8 Å². The first-order chi connectivity index (χ1) is 33.7. The second-order valence-electron chi connectivity index (χ2n) is 18.7. The SMILES string of the molecule is CC[C@@H]1C(=O)N(C)c2cnc(Nc3ccc(-c4cn(CCOCCOC[C@H](CC#Cc5cccc6c5CN(C5CCC(=O)NC5=O)C6=O)NC(=O)OC(C)(C)C)nn4)cc3OC)nc2N1C1CCCC1. The van der Waals surface area contributed by atoms with Crippen LogP contribution in [0.3, 0.4) is 0 Å².